The zero-order valence-corrected chi connectivity index (χ0v) is 30.9. The third-order valence-corrected chi connectivity index (χ3v) is 11.0. The molecular weight excluding hydrogens is 650 g/mol. The number of phenolic OH excluding ortho intramolecular Hbond substituents is 1. The van der Waals surface area contributed by atoms with Gasteiger partial charge in [0.25, 0.3) is 0 Å². The van der Waals surface area contributed by atoms with Gasteiger partial charge in [-0.05, 0) is 100 Å². The zero-order chi connectivity index (χ0) is 36.7. The van der Waals surface area contributed by atoms with Crippen molar-refractivity contribution in [2.24, 2.45) is 5.92 Å². The fourth-order valence-corrected chi connectivity index (χ4v) is 8.18. The number of phenols is 1. The van der Waals surface area contributed by atoms with Crippen molar-refractivity contribution in [3.8, 4) is 5.75 Å². The smallest absolute Gasteiger partial charge is 0.409 e. The summed E-state index contributed by atoms with van der Waals surface area (Å²) >= 11 is 0. The van der Waals surface area contributed by atoms with E-state index in [2.05, 4.69) is 16.3 Å². The SMILES string of the molecule is COC(=O)N1CCC(N2CCc3ccccc3NC2=O)CC1.COC(=O)[C@@H]1CCCN1C1CCN(C(=O)[C@H](C)Cc2cc(C)c(O)c(C)c2)CC1. The van der Waals surface area contributed by atoms with E-state index in [0.29, 0.717) is 37.8 Å². The number of aromatic hydroxyl groups is 1. The Morgan fingerprint density at radius 2 is 1.49 bits per heavy atom. The van der Waals surface area contributed by atoms with Crippen LogP contribution in [0.5, 0.6) is 5.75 Å². The Morgan fingerprint density at radius 1 is 0.863 bits per heavy atom. The first-order chi connectivity index (χ1) is 24.5. The van der Waals surface area contributed by atoms with Crippen LogP contribution in [0.3, 0.4) is 0 Å². The molecule has 278 valence electrons. The number of rotatable bonds is 6. The highest BCUT2D eigenvalue weighted by Crippen LogP contribution is 2.29. The Bertz CT molecular complexity index is 1530. The molecule has 2 N–H and O–H groups in total. The number of esters is 1. The number of nitrogens with one attached hydrogen (secondary N) is 1. The molecule has 4 aliphatic rings. The topological polar surface area (TPSA) is 132 Å². The van der Waals surface area contributed by atoms with Crippen LogP contribution < -0.4 is 5.32 Å². The van der Waals surface area contributed by atoms with Gasteiger partial charge in [-0.3, -0.25) is 14.5 Å². The van der Waals surface area contributed by atoms with Crippen molar-refractivity contribution >= 4 is 29.7 Å². The minimum absolute atomic E-state index is 0.0403. The first-order valence-electron chi connectivity index (χ1n) is 18.4. The summed E-state index contributed by atoms with van der Waals surface area (Å²) in [5, 5.41) is 12.9. The Kier molecular flexibility index (Phi) is 12.8. The quantitative estimate of drug-likeness (QED) is 0.396. The summed E-state index contributed by atoms with van der Waals surface area (Å²) in [6.45, 7) is 10.2. The molecule has 3 fully saturated rings. The number of aryl methyl sites for hydroxylation is 2. The van der Waals surface area contributed by atoms with Gasteiger partial charge in [-0.15, -0.1) is 0 Å². The lowest BCUT2D eigenvalue weighted by atomic mass is 9.95. The second-order valence-corrected chi connectivity index (χ2v) is 14.4. The molecule has 2 aromatic carbocycles. The number of carbonyl (C=O) groups is 4. The Labute approximate surface area is 302 Å². The lowest BCUT2D eigenvalue weighted by molar-refractivity contribution is -0.147. The van der Waals surface area contributed by atoms with Gasteiger partial charge in [-0.25, -0.2) is 9.59 Å². The lowest BCUT2D eigenvalue weighted by Crippen LogP contribution is -2.51. The predicted molar refractivity (Wildman–Crippen MR) is 195 cm³/mol. The minimum atomic E-state index is -0.286. The monoisotopic (exact) mass is 705 g/mol. The molecule has 0 bridgehead atoms. The van der Waals surface area contributed by atoms with Crippen molar-refractivity contribution in [2.75, 3.05) is 58.8 Å². The van der Waals surface area contributed by atoms with Crippen LogP contribution in [0, 0.1) is 19.8 Å². The number of fused-ring (bicyclic) bond motifs is 1. The van der Waals surface area contributed by atoms with Crippen LogP contribution in [0.2, 0.25) is 0 Å². The second-order valence-electron chi connectivity index (χ2n) is 14.4. The van der Waals surface area contributed by atoms with Gasteiger partial charge in [0, 0.05) is 56.4 Å². The number of amides is 4. The number of piperidine rings is 2. The van der Waals surface area contributed by atoms with Gasteiger partial charge in [-0.2, -0.15) is 0 Å². The van der Waals surface area contributed by atoms with Crippen LogP contribution in [0.1, 0.15) is 67.7 Å². The third kappa shape index (κ3) is 9.13. The highest BCUT2D eigenvalue weighted by molar-refractivity contribution is 5.91. The average molecular weight is 706 g/mol. The van der Waals surface area contributed by atoms with Gasteiger partial charge >= 0.3 is 18.1 Å². The van der Waals surface area contributed by atoms with Crippen molar-refractivity contribution < 1.29 is 33.8 Å². The van der Waals surface area contributed by atoms with Gasteiger partial charge in [-0.1, -0.05) is 37.3 Å². The van der Waals surface area contributed by atoms with E-state index in [-0.39, 0.29) is 42.0 Å². The number of para-hydroxylation sites is 1. The van der Waals surface area contributed by atoms with Gasteiger partial charge in [0.1, 0.15) is 11.8 Å². The molecule has 12 nitrogen and oxygen atoms in total. The molecule has 2 aromatic rings. The molecule has 4 heterocycles. The van der Waals surface area contributed by atoms with Crippen LogP contribution >= 0.6 is 0 Å². The van der Waals surface area contributed by atoms with Crippen molar-refractivity contribution in [1.29, 1.82) is 0 Å². The van der Waals surface area contributed by atoms with E-state index in [1.165, 1.54) is 19.8 Å². The summed E-state index contributed by atoms with van der Waals surface area (Å²) in [5.74, 6) is 0.304. The number of carbonyl (C=O) groups excluding carboxylic acids is 4. The highest BCUT2D eigenvalue weighted by Gasteiger charge is 2.38. The Balaban J connectivity index is 0.000000205. The third-order valence-electron chi connectivity index (χ3n) is 11.0. The zero-order valence-electron chi connectivity index (χ0n) is 30.9. The Hall–Kier alpha value is -4.32. The van der Waals surface area contributed by atoms with E-state index in [1.807, 2.05) is 60.9 Å². The van der Waals surface area contributed by atoms with E-state index in [9.17, 15) is 24.3 Å². The number of methoxy groups -OCH3 is 2. The molecule has 0 saturated carbocycles. The summed E-state index contributed by atoms with van der Waals surface area (Å²) in [4.78, 5) is 56.9. The molecule has 0 radical (unpaired) electrons. The predicted octanol–water partition coefficient (Wildman–Crippen LogP) is 5.12. The number of hydrogen-bond acceptors (Lipinski definition) is 8. The van der Waals surface area contributed by atoms with Crippen LogP contribution in [0.15, 0.2) is 36.4 Å². The second kappa shape index (κ2) is 17.3. The van der Waals surface area contributed by atoms with Crippen molar-refractivity contribution in [1.82, 2.24) is 19.6 Å². The fourth-order valence-electron chi connectivity index (χ4n) is 8.18. The van der Waals surface area contributed by atoms with Crippen LogP contribution in [0.4, 0.5) is 15.3 Å². The number of benzene rings is 2. The number of likely N-dealkylation sites (tertiary alicyclic amines) is 3. The maximum absolute atomic E-state index is 13.0. The summed E-state index contributed by atoms with van der Waals surface area (Å²) < 4.78 is 9.71. The Morgan fingerprint density at radius 3 is 2.14 bits per heavy atom. The number of nitrogens with zero attached hydrogens (tertiary/aromatic N) is 4. The molecular formula is C39H55N5O7. The van der Waals surface area contributed by atoms with Crippen LogP contribution in [0.25, 0.3) is 0 Å². The highest BCUT2D eigenvalue weighted by atomic mass is 16.5. The van der Waals surface area contributed by atoms with E-state index in [4.69, 9.17) is 9.47 Å². The molecule has 0 aliphatic carbocycles. The first-order valence-corrected chi connectivity index (χ1v) is 18.4. The van der Waals surface area contributed by atoms with E-state index < -0.39 is 0 Å². The average Bonchev–Trinajstić information content (AvgIpc) is 3.57. The molecule has 2 atom stereocenters. The maximum atomic E-state index is 13.0. The maximum Gasteiger partial charge on any atom is 0.409 e. The van der Waals surface area contributed by atoms with Crippen molar-refractivity contribution in [2.45, 2.75) is 90.3 Å². The molecule has 3 saturated heterocycles. The van der Waals surface area contributed by atoms with Crippen molar-refractivity contribution in [3.05, 3.63) is 58.7 Å². The number of urea groups is 1. The molecule has 6 rings (SSSR count). The fraction of sp³-hybridized carbons (Fsp3) is 0.590. The molecule has 0 aromatic heterocycles. The normalized spacial score (nSPS) is 20.8. The molecule has 0 unspecified atom stereocenters. The van der Waals surface area contributed by atoms with Gasteiger partial charge in [0.2, 0.25) is 5.91 Å². The molecule has 4 aliphatic heterocycles. The van der Waals surface area contributed by atoms with E-state index in [1.54, 1.807) is 4.90 Å². The summed E-state index contributed by atoms with van der Waals surface area (Å²) in [6, 6.07) is 12.2. The van der Waals surface area contributed by atoms with Crippen LogP contribution in [-0.2, 0) is 31.9 Å². The number of hydrogen-bond donors (Lipinski definition) is 2. The summed E-state index contributed by atoms with van der Waals surface area (Å²) in [5.41, 5.74) is 4.87. The molecule has 0 spiro atoms. The minimum Gasteiger partial charge on any atom is -0.507 e. The van der Waals surface area contributed by atoms with Gasteiger partial charge < -0.3 is 34.6 Å². The van der Waals surface area contributed by atoms with Crippen molar-refractivity contribution in [3.63, 3.8) is 0 Å². The van der Waals surface area contributed by atoms with Gasteiger partial charge in [0.15, 0.2) is 0 Å². The standard InChI is InChI=1S/C23H34N2O4.C16H21N3O3/c1-15-12-18(13-16(2)21(15)26)14-17(3)22(27)24-10-7-19(8-11-24)25-9-5-6-20(25)23(28)29-4;1-22-16(21)18-9-7-13(8-10-18)19-11-6-12-4-2-3-5-14(12)17-15(19)20/h12-13,17,19-20,26H,5-11,14H2,1-4H3;2-5,13H,6-11H2,1H3,(H,17,20)/t17-,20+;/m1./s1. The lowest BCUT2D eigenvalue weighted by Gasteiger charge is -2.39. The molecule has 51 heavy (non-hydrogen) atoms. The number of ether oxygens (including phenoxy) is 2. The first kappa shape index (κ1) is 37.9. The molecule has 4 amide bonds. The van der Waals surface area contributed by atoms with Gasteiger partial charge in [0.05, 0.1) is 14.2 Å². The largest absolute Gasteiger partial charge is 0.507 e. The molecule has 12 heteroatoms. The van der Waals surface area contributed by atoms with E-state index in [0.717, 1.165) is 87.0 Å². The number of anilines is 1. The summed E-state index contributed by atoms with van der Waals surface area (Å²) in [6.07, 6.45) is 6.54. The van der Waals surface area contributed by atoms with Crippen LogP contribution in [-0.4, -0.2) is 120 Å². The summed E-state index contributed by atoms with van der Waals surface area (Å²) in [7, 11) is 2.85. The van der Waals surface area contributed by atoms with E-state index >= 15 is 0 Å².